The van der Waals surface area contributed by atoms with Gasteiger partial charge in [0.05, 0.1) is 17.7 Å². The predicted octanol–water partition coefficient (Wildman–Crippen LogP) is 8.59. The maximum Gasteiger partial charge on any atom is 0.312 e. The molecule has 4 heteroatoms. The van der Waals surface area contributed by atoms with Gasteiger partial charge in [-0.2, -0.15) is 0 Å². The number of fused-ring (bicyclic) bond motifs is 4. The molecule has 4 aliphatic carbocycles. The van der Waals surface area contributed by atoms with Gasteiger partial charge in [-0.05, 0) is 110 Å². The van der Waals surface area contributed by atoms with Gasteiger partial charge < -0.3 is 9.57 Å². The van der Waals surface area contributed by atoms with Gasteiger partial charge in [0.25, 0.3) is 0 Å². The van der Waals surface area contributed by atoms with Crippen LogP contribution in [0.5, 0.6) is 0 Å². The number of esters is 1. The third-order valence-corrected chi connectivity index (χ3v) is 11.6. The summed E-state index contributed by atoms with van der Waals surface area (Å²) in [6.45, 7) is 10.0. The van der Waals surface area contributed by atoms with Crippen molar-refractivity contribution in [3.63, 3.8) is 0 Å². The van der Waals surface area contributed by atoms with E-state index in [1.807, 2.05) is 6.92 Å². The number of carbonyl (C=O) groups is 1. The van der Waals surface area contributed by atoms with Gasteiger partial charge in [0.2, 0.25) is 0 Å². The molecule has 0 saturated heterocycles. The monoisotopic (exact) mass is 527 g/mol. The largest absolute Gasteiger partial charge is 0.466 e. The van der Waals surface area contributed by atoms with Crippen molar-refractivity contribution in [2.45, 2.75) is 85.5 Å². The van der Waals surface area contributed by atoms with Crippen LogP contribution in [0.4, 0.5) is 0 Å². The molecule has 39 heavy (non-hydrogen) atoms. The molecule has 0 aliphatic heterocycles. The minimum absolute atomic E-state index is 0.0381. The second-order valence-corrected chi connectivity index (χ2v) is 13.8. The molecule has 0 amide bonds. The third-order valence-electron chi connectivity index (χ3n) is 11.6. The number of hydrogen-bond donors (Lipinski definition) is 0. The molecule has 4 saturated carbocycles. The van der Waals surface area contributed by atoms with E-state index in [1.165, 1.54) is 54.2 Å². The first-order valence-corrected chi connectivity index (χ1v) is 15.3. The molecular formula is C35H45NO3. The lowest BCUT2D eigenvalue weighted by atomic mass is 9.40. The van der Waals surface area contributed by atoms with Gasteiger partial charge in [-0.25, -0.2) is 0 Å². The molecule has 0 radical (unpaired) electrons. The molecule has 208 valence electrons. The van der Waals surface area contributed by atoms with Gasteiger partial charge in [0, 0.05) is 5.41 Å². The van der Waals surface area contributed by atoms with E-state index >= 15 is 0 Å². The number of benzene rings is 2. The Hall–Kier alpha value is -2.62. The van der Waals surface area contributed by atoms with Gasteiger partial charge in [-0.1, -0.05) is 74.0 Å². The number of rotatable bonds is 6. The van der Waals surface area contributed by atoms with E-state index in [4.69, 9.17) is 14.7 Å². The van der Waals surface area contributed by atoms with Gasteiger partial charge in [-0.3, -0.25) is 4.79 Å². The van der Waals surface area contributed by atoms with Crippen molar-refractivity contribution in [1.29, 1.82) is 0 Å². The van der Waals surface area contributed by atoms with Gasteiger partial charge in [-0.15, -0.1) is 0 Å². The van der Waals surface area contributed by atoms with Crippen LogP contribution in [0.15, 0.2) is 53.7 Å². The van der Waals surface area contributed by atoms with E-state index in [-0.39, 0.29) is 22.2 Å². The van der Waals surface area contributed by atoms with Gasteiger partial charge in [0.1, 0.15) is 6.61 Å². The molecule has 2 aromatic carbocycles. The zero-order chi connectivity index (χ0) is 27.3. The first kappa shape index (κ1) is 26.6. The molecule has 4 fully saturated rings. The number of carbonyl (C=O) groups excluding carboxylic acids is 1. The maximum atomic E-state index is 13.2. The smallest absolute Gasteiger partial charge is 0.312 e. The highest BCUT2D eigenvalue weighted by Gasteiger charge is 2.67. The first-order valence-electron chi connectivity index (χ1n) is 15.3. The van der Waals surface area contributed by atoms with Crippen LogP contribution in [-0.4, -0.2) is 24.9 Å². The lowest BCUT2D eigenvalue weighted by Crippen LogP contribution is -2.58. The Morgan fingerprint density at radius 1 is 1.00 bits per heavy atom. The van der Waals surface area contributed by atoms with Crippen LogP contribution < -0.4 is 0 Å². The Morgan fingerprint density at radius 3 is 2.64 bits per heavy atom. The number of oxime groups is 1. The summed E-state index contributed by atoms with van der Waals surface area (Å²) in [4.78, 5) is 19.2. The van der Waals surface area contributed by atoms with E-state index in [2.05, 4.69) is 75.4 Å². The van der Waals surface area contributed by atoms with Crippen molar-refractivity contribution in [3.05, 3.63) is 54.1 Å². The van der Waals surface area contributed by atoms with Crippen LogP contribution in [0.2, 0.25) is 0 Å². The Bertz CT molecular complexity index is 1310. The summed E-state index contributed by atoms with van der Waals surface area (Å²) in [6, 6.07) is 14.9. The van der Waals surface area contributed by atoms with E-state index in [0.717, 1.165) is 25.7 Å². The third kappa shape index (κ3) is 4.24. The van der Waals surface area contributed by atoms with Gasteiger partial charge >= 0.3 is 5.97 Å². The van der Waals surface area contributed by atoms with E-state index < -0.39 is 0 Å². The Morgan fingerprint density at radius 2 is 1.79 bits per heavy atom. The molecule has 0 heterocycles. The Balaban J connectivity index is 1.18. The maximum absolute atomic E-state index is 13.2. The van der Waals surface area contributed by atoms with Crippen LogP contribution in [0, 0.1) is 33.5 Å². The fourth-order valence-corrected chi connectivity index (χ4v) is 9.94. The molecular weight excluding hydrogens is 482 g/mol. The van der Waals surface area contributed by atoms with Crippen molar-refractivity contribution in [1.82, 2.24) is 0 Å². The Labute approximate surface area is 234 Å². The lowest BCUT2D eigenvalue weighted by Gasteiger charge is -2.64. The Kier molecular flexibility index (Phi) is 6.67. The molecule has 0 unspecified atom stereocenters. The minimum atomic E-state index is -0.347. The summed E-state index contributed by atoms with van der Waals surface area (Å²) in [5.74, 6) is 1.09. The highest BCUT2D eigenvalue weighted by molar-refractivity contribution is 5.93. The van der Waals surface area contributed by atoms with E-state index in [9.17, 15) is 4.79 Å². The zero-order valence-corrected chi connectivity index (χ0v) is 24.3. The van der Waals surface area contributed by atoms with Crippen molar-refractivity contribution in [2.24, 2.45) is 38.7 Å². The molecule has 6 atom stereocenters. The molecule has 2 bridgehead atoms. The van der Waals surface area contributed by atoms with E-state index in [0.29, 0.717) is 30.5 Å². The van der Waals surface area contributed by atoms with E-state index in [1.54, 1.807) is 0 Å². The number of hydrogen-bond acceptors (Lipinski definition) is 4. The summed E-state index contributed by atoms with van der Waals surface area (Å²) in [5.41, 5.74) is 2.76. The van der Waals surface area contributed by atoms with Crippen LogP contribution in [0.25, 0.3) is 16.8 Å². The summed E-state index contributed by atoms with van der Waals surface area (Å²) >= 11 is 0. The summed E-state index contributed by atoms with van der Waals surface area (Å²) < 4.78 is 5.64. The average Bonchev–Trinajstić information content (AvgIpc) is 3.12. The van der Waals surface area contributed by atoms with Crippen molar-refractivity contribution >= 4 is 28.5 Å². The van der Waals surface area contributed by atoms with Crippen LogP contribution in [-0.2, 0) is 14.4 Å². The highest BCUT2D eigenvalue weighted by atomic mass is 16.6. The second-order valence-electron chi connectivity index (χ2n) is 13.8. The second kappa shape index (κ2) is 9.78. The number of ether oxygens (including phenoxy) is 1. The molecule has 0 N–H and O–H groups in total. The molecule has 0 aromatic heterocycles. The number of nitrogens with zero attached hydrogens (tertiary/aromatic N) is 1. The normalized spacial score (nSPS) is 38.5. The zero-order valence-electron chi connectivity index (χ0n) is 24.3. The first-order chi connectivity index (χ1) is 18.7. The van der Waals surface area contributed by atoms with Crippen LogP contribution in [0.3, 0.4) is 0 Å². The quantitative estimate of drug-likeness (QED) is 0.215. The molecule has 6 rings (SSSR count). The summed E-state index contributed by atoms with van der Waals surface area (Å²) in [5, 5.41) is 7.33. The lowest BCUT2D eigenvalue weighted by molar-refractivity contribution is -0.187. The predicted molar refractivity (Wildman–Crippen MR) is 158 cm³/mol. The van der Waals surface area contributed by atoms with Crippen LogP contribution >= 0.6 is 0 Å². The van der Waals surface area contributed by atoms with Gasteiger partial charge in [0.15, 0.2) is 0 Å². The fourth-order valence-electron chi connectivity index (χ4n) is 9.94. The summed E-state index contributed by atoms with van der Waals surface area (Å²) in [7, 11) is 0. The van der Waals surface area contributed by atoms with Crippen molar-refractivity contribution in [3.8, 4) is 0 Å². The SMILES string of the molecule is CCOC(=O)[C@]1(C)CCC[C@@]2(C)[C@@H]3CC[C@@]4(C)C[C@]3(CC[C@@H]21)C/C4=N\OC/C=C/c1cccc2ccccc12. The van der Waals surface area contributed by atoms with Crippen LogP contribution in [0.1, 0.15) is 91.0 Å². The van der Waals surface area contributed by atoms with Crippen molar-refractivity contribution < 1.29 is 14.4 Å². The van der Waals surface area contributed by atoms with Crippen molar-refractivity contribution in [2.75, 3.05) is 13.2 Å². The molecule has 1 spiro atoms. The minimum Gasteiger partial charge on any atom is -0.466 e. The molecule has 2 aromatic rings. The average molecular weight is 528 g/mol. The fraction of sp³-hybridized carbons (Fsp3) is 0.600. The standard InChI is InChI=1S/C35H45NO3/c1-5-38-31(37)34(4)19-10-18-33(3)28(34)17-21-35-23-30(32(2,24-35)20-16-29(33)35)36-39-22-9-14-26-13-8-12-25-11-6-7-15-27(25)26/h6-9,11-15,28-29H,5,10,16-24H2,1-4H3/b14-9+,36-30+/t28-,29-,32-,33+,34+,35-/m0/s1. The summed E-state index contributed by atoms with van der Waals surface area (Å²) in [6.07, 6.45) is 14.6. The molecule has 4 nitrogen and oxygen atoms in total. The molecule has 4 aliphatic rings. The topological polar surface area (TPSA) is 47.9 Å². The highest BCUT2D eigenvalue weighted by Crippen LogP contribution is 2.73.